The lowest BCUT2D eigenvalue weighted by Gasteiger charge is -2.09. The summed E-state index contributed by atoms with van der Waals surface area (Å²) < 4.78 is 18.7. The number of hydrogen-bond donors (Lipinski definition) is 1. The van der Waals surface area contributed by atoms with E-state index in [-0.39, 0.29) is 17.3 Å². The van der Waals surface area contributed by atoms with Gasteiger partial charge in [-0.15, -0.1) is 0 Å². The summed E-state index contributed by atoms with van der Waals surface area (Å²) >= 11 is 0. The molecule has 2 aromatic rings. The number of anilines is 1. The molecule has 7 nitrogen and oxygen atoms in total. The average Bonchev–Trinajstić information content (AvgIpc) is 2.42. The highest BCUT2D eigenvalue weighted by molar-refractivity contribution is 5.48. The molecule has 0 atom stereocenters. The van der Waals surface area contributed by atoms with Crippen LogP contribution in [-0.2, 0) is 0 Å². The quantitative estimate of drug-likeness (QED) is 0.672. The highest BCUT2D eigenvalue weighted by Gasteiger charge is 2.18. The third kappa shape index (κ3) is 3.41. The van der Waals surface area contributed by atoms with Crippen molar-refractivity contribution >= 4 is 11.6 Å². The zero-order chi connectivity index (χ0) is 15.4. The Balaban J connectivity index is 2.39. The fraction of sp³-hybridized carbons (Fsp3) is 0.231. The van der Waals surface area contributed by atoms with Gasteiger partial charge in [0.15, 0.2) is 0 Å². The Morgan fingerprint density at radius 2 is 2.24 bits per heavy atom. The van der Waals surface area contributed by atoms with Crippen molar-refractivity contribution in [3.8, 4) is 11.6 Å². The van der Waals surface area contributed by atoms with Crippen molar-refractivity contribution < 1.29 is 14.1 Å². The maximum atomic E-state index is 13.3. The number of nitro groups is 1. The maximum Gasteiger partial charge on any atom is 0.311 e. The van der Waals surface area contributed by atoms with Crippen LogP contribution in [0.25, 0.3) is 0 Å². The molecule has 1 aromatic heterocycles. The molecule has 1 heterocycles. The van der Waals surface area contributed by atoms with E-state index in [1.807, 2.05) is 6.92 Å². The number of rotatable bonds is 5. The molecular formula is C13H13FN4O3. The van der Waals surface area contributed by atoms with E-state index in [1.54, 1.807) is 6.92 Å². The Bertz CT molecular complexity index is 678. The topological polar surface area (TPSA) is 90.2 Å². The second-order valence-corrected chi connectivity index (χ2v) is 4.18. The fourth-order valence-corrected chi connectivity index (χ4v) is 1.60. The predicted octanol–water partition coefficient (Wildman–Crippen LogP) is 3.06. The average molecular weight is 292 g/mol. The second kappa shape index (κ2) is 6.12. The molecule has 0 saturated heterocycles. The maximum absolute atomic E-state index is 13.3. The molecule has 0 aliphatic carbocycles. The number of hydrogen-bond acceptors (Lipinski definition) is 6. The first-order valence-corrected chi connectivity index (χ1v) is 6.20. The van der Waals surface area contributed by atoms with Crippen molar-refractivity contribution in [3.05, 3.63) is 45.9 Å². The molecule has 2 rings (SSSR count). The third-order valence-electron chi connectivity index (χ3n) is 2.59. The predicted molar refractivity (Wildman–Crippen MR) is 74.1 cm³/mol. The van der Waals surface area contributed by atoms with Crippen LogP contribution in [0, 0.1) is 22.9 Å². The lowest BCUT2D eigenvalue weighted by atomic mass is 10.3. The van der Waals surface area contributed by atoms with Crippen molar-refractivity contribution in [2.45, 2.75) is 13.8 Å². The van der Waals surface area contributed by atoms with Gasteiger partial charge in [-0.05, 0) is 19.9 Å². The number of nitrogens with one attached hydrogen (secondary N) is 1. The molecular weight excluding hydrogens is 279 g/mol. The summed E-state index contributed by atoms with van der Waals surface area (Å²) in [4.78, 5) is 18.4. The van der Waals surface area contributed by atoms with Gasteiger partial charge in [0, 0.05) is 30.4 Å². The number of nitro benzene ring substituents is 1. The van der Waals surface area contributed by atoms with E-state index in [4.69, 9.17) is 4.74 Å². The van der Waals surface area contributed by atoms with Crippen molar-refractivity contribution in [2.24, 2.45) is 0 Å². The summed E-state index contributed by atoms with van der Waals surface area (Å²) in [5.74, 6) is -0.370. The molecule has 0 aliphatic rings. The molecule has 0 amide bonds. The summed E-state index contributed by atoms with van der Waals surface area (Å²) in [7, 11) is 0. The van der Waals surface area contributed by atoms with Crippen molar-refractivity contribution in [3.63, 3.8) is 0 Å². The molecule has 0 spiro atoms. The monoisotopic (exact) mass is 292 g/mol. The van der Waals surface area contributed by atoms with Crippen LogP contribution < -0.4 is 10.1 Å². The van der Waals surface area contributed by atoms with Gasteiger partial charge in [0.05, 0.1) is 4.92 Å². The number of nitrogens with zero attached hydrogens (tertiary/aromatic N) is 3. The highest BCUT2D eigenvalue weighted by Crippen LogP contribution is 2.32. The first-order chi connectivity index (χ1) is 10.0. The molecule has 0 fully saturated rings. The SMILES string of the molecule is CCNc1ncc(C)c(Oc2cc(F)ccc2[N+](=O)[O-])n1. The van der Waals surface area contributed by atoms with Crippen LogP contribution >= 0.6 is 0 Å². The molecule has 0 saturated carbocycles. The molecule has 0 unspecified atom stereocenters. The molecule has 21 heavy (non-hydrogen) atoms. The van der Waals surface area contributed by atoms with Crippen LogP contribution in [0.15, 0.2) is 24.4 Å². The minimum atomic E-state index is -0.642. The number of aryl methyl sites for hydroxylation is 1. The molecule has 110 valence electrons. The van der Waals surface area contributed by atoms with E-state index in [0.29, 0.717) is 18.1 Å². The third-order valence-corrected chi connectivity index (χ3v) is 2.59. The Morgan fingerprint density at radius 1 is 1.48 bits per heavy atom. The van der Waals surface area contributed by atoms with E-state index in [2.05, 4.69) is 15.3 Å². The fourth-order valence-electron chi connectivity index (χ4n) is 1.60. The zero-order valence-electron chi connectivity index (χ0n) is 11.5. The Labute approximate surface area is 120 Å². The Kier molecular flexibility index (Phi) is 4.27. The molecule has 1 aromatic carbocycles. The lowest BCUT2D eigenvalue weighted by molar-refractivity contribution is -0.385. The summed E-state index contributed by atoms with van der Waals surface area (Å²) in [6.07, 6.45) is 1.52. The minimum Gasteiger partial charge on any atom is -0.431 e. The van der Waals surface area contributed by atoms with Gasteiger partial charge in [-0.2, -0.15) is 4.98 Å². The molecule has 0 aliphatic heterocycles. The molecule has 8 heteroatoms. The van der Waals surface area contributed by atoms with Gasteiger partial charge < -0.3 is 10.1 Å². The zero-order valence-corrected chi connectivity index (χ0v) is 11.5. The molecule has 0 bridgehead atoms. The van der Waals surface area contributed by atoms with E-state index in [9.17, 15) is 14.5 Å². The Hall–Kier alpha value is -2.77. The van der Waals surface area contributed by atoms with E-state index in [0.717, 1.165) is 18.2 Å². The molecule has 0 radical (unpaired) electrons. The van der Waals surface area contributed by atoms with Gasteiger partial charge >= 0.3 is 5.69 Å². The van der Waals surface area contributed by atoms with Crippen molar-refractivity contribution in [2.75, 3.05) is 11.9 Å². The number of aromatic nitrogens is 2. The summed E-state index contributed by atoms with van der Waals surface area (Å²) in [6, 6.07) is 3.00. The van der Waals surface area contributed by atoms with Gasteiger partial charge in [0.1, 0.15) is 5.82 Å². The van der Waals surface area contributed by atoms with Crippen molar-refractivity contribution in [1.82, 2.24) is 9.97 Å². The summed E-state index contributed by atoms with van der Waals surface area (Å²) in [5, 5.41) is 13.8. The van der Waals surface area contributed by atoms with Crippen LogP contribution in [0.2, 0.25) is 0 Å². The first kappa shape index (κ1) is 14.6. The molecule has 1 N–H and O–H groups in total. The summed E-state index contributed by atoms with van der Waals surface area (Å²) in [6.45, 7) is 4.18. The lowest BCUT2D eigenvalue weighted by Crippen LogP contribution is -2.04. The van der Waals surface area contributed by atoms with Crippen LogP contribution in [-0.4, -0.2) is 21.4 Å². The summed E-state index contributed by atoms with van der Waals surface area (Å²) in [5.41, 5.74) is 0.245. The van der Waals surface area contributed by atoms with Crippen LogP contribution in [0.4, 0.5) is 16.0 Å². The highest BCUT2D eigenvalue weighted by atomic mass is 19.1. The van der Waals surface area contributed by atoms with Crippen molar-refractivity contribution in [1.29, 1.82) is 0 Å². The van der Waals surface area contributed by atoms with Crippen LogP contribution in [0.5, 0.6) is 11.6 Å². The van der Waals surface area contributed by atoms with E-state index >= 15 is 0 Å². The van der Waals surface area contributed by atoms with Gasteiger partial charge in [0.2, 0.25) is 17.6 Å². The van der Waals surface area contributed by atoms with Gasteiger partial charge in [0.25, 0.3) is 0 Å². The normalized spacial score (nSPS) is 10.2. The first-order valence-electron chi connectivity index (χ1n) is 6.20. The smallest absolute Gasteiger partial charge is 0.311 e. The second-order valence-electron chi connectivity index (χ2n) is 4.18. The number of halogens is 1. The van der Waals surface area contributed by atoms with Gasteiger partial charge in [-0.25, -0.2) is 9.37 Å². The number of ether oxygens (including phenoxy) is 1. The van der Waals surface area contributed by atoms with Crippen LogP contribution in [0.3, 0.4) is 0 Å². The van der Waals surface area contributed by atoms with Crippen LogP contribution in [0.1, 0.15) is 12.5 Å². The Morgan fingerprint density at radius 3 is 2.90 bits per heavy atom. The largest absolute Gasteiger partial charge is 0.431 e. The van der Waals surface area contributed by atoms with E-state index < -0.39 is 10.7 Å². The van der Waals surface area contributed by atoms with Gasteiger partial charge in [-0.1, -0.05) is 0 Å². The van der Waals surface area contributed by atoms with Gasteiger partial charge in [-0.3, -0.25) is 10.1 Å². The number of benzene rings is 1. The minimum absolute atomic E-state index is 0.134. The van der Waals surface area contributed by atoms with E-state index in [1.165, 1.54) is 6.20 Å². The standard InChI is InChI=1S/C13H13FN4O3/c1-3-15-13-16-7-8(2)12(17-13)21-11-6-9(14)4-5-10(11)18(19)20/h4-7H,3H2,1-2H3,(H,15,16,17).